The first-order valence-electron chi connectivity index (χ1n) is 5.08. The Morgan fingerprint density at radius 1 is 1.24 bits per heavy atom. The highest BCUT2D eigenvalue weighted by Crippen LogP contribution is 2.30. The average Bonchev–Trinajstić information content (AvgIpc) is 2.32. The van der Waals surface area contributed by atoms with E-state index in [1.165, 1.54) is 11.8 Å². The molecule has 4 heteroatoms. The van der Waals surface area contributed by atoms with Crippen molar-refractivity contribution in [3.05, 3.63) is 53.9 Å². The van der Waals surface area contributed by atoms with Crippen molar-refractivity contribution < 1.29 is 9.90 Å². The number of aromatic nitrogens is 1. The Labute approximate surface area is 104 Å². The SMILES string of the molecule is Cc1ccc(Sc2ccncc2)c(C(=O)O)c1. The number of aromatic carboxylic acids is 1. The third-order valence-corrected chi connectivity index (χ3v) is 3.33. The summed E-state index contributed by atoms with van der Waals surface area (Å²) < 4.78 is 0. The van der Waals surface area contributed by atoms with Gasteiger partial charge < -0.3 is 5.11 Å². The number of carbonyl (C=O) groups is 1. The van der Waals surface area contributed by atoms with Crippen LogP contribution in [0, 0.1) is 6.92 Å². The van der Waals surface area contributed by atoms with Crippen molar-refractivity contribution >= 4 is 17.7 Å². The van der Waals surface area contributed by atoms with Crippen LogP contribution in [0.4, 0.5) is 0 Å². The fourth-order valence-corrected chi connectivity index (χ4v) is 2.34. The van der Waals surface area contributed by atoms with Crippen molar-refractivity contribution in [1.82, 2.24) is 4.98 Å². The summed E-state index contributed by atoms with van der Waals surface area (Å²) in [5.41, 5.74) is 1.29. The van der Waals surface area contributed by atoms with Crippen LogP contribution in [-0.2, 0) is 0 Å². The van der Waals surface area contributed by atoms with Gasteiger partial charge in [0.05, 0.1) is 5.56 Å². The van der Waals surface area contributed by atoms with E-state index in [1.54, 1.807) is 18.5 Å². The van der Waals surface area contributed by atoms with Crippen molar-refractivity contribution in [2.75, 3.05) is 0 Å². The van der Waals surface area contributed by atoms with E-state index in [4.69, 9.17) is 5.11 Å². The largest absolute Gasteiger partial charge is 0.478 e. The van der Waals surface area contributed by atoms with Crippen molar-refractivity contribution in [3.63, 3.8) is 0 Å². The van der Waals surface area contributed by atoms with Crippen LogP contribution in [-0.4, -0.2) is 16.1 Å². The lowest BCUT2D eigenvalue weighted by atomic mass is 10.1. The van der Waals surface area contributed by atoms with Gasteiger partial charge in [0.25, 0.3) is 0 Å². The third kappa shape index (κ3) is 2.85. The molecule has 0 aliphatic rings. The molecule has 0 atom stereocenters. The van der Waals surface area contributed by atoms with Crippen molar-refractivity contribution in [2.45, 2.75) is 16.7 Å². The minimum Gasteiger partial charge on any atom is -0.478 e. The zero-order chi connectivity index (χ0) is 12.3. The number of carboxylic acid groups (broad SMARTS) is 1. The van der Waals surface area contributed by atoms with E-state index in [0.717, 1.165) is 15.4 Å². The number of hydrogen-bond donors (Lipinski definition) is 1. The Hall–Kier alpha value is -1.81. The number of benzene rings is 1. The Bertz CT molecular complexity index is 540. The highest BCUT2D eigenvalue weighted by Gasteiger charge is 2.11. The molecule has 0 saturated heterocycles. The van der Waals surface area contributed by atoms with E-state index in [9.17, 15) is 4.79 Å². The molecular formula is C13H11NO2S. The highest BCUT2D eigenvalue weighted by molar-refractivity contribution is 7.99. The van der Waals surface area contributed by atoms with Gasteiger partial charge in [-0.3, -0.25) is 4.98 Å². The standard InChI is InChI=1S/C13H11NO2S/c1-9-2-3-12(11(8-9)13(15)16)17-10-4-6-14-7-5-10/h2-8H,1H3,(H,15,16). The van der Waals surface area contributed by atoms with Gasteiger partial charge in [0.2, 0.25) is 0 Å². The predicted octanol–water partition coefficient (Wildman–Crippen LogP) is 3.24. The molecule has 0 fully saturated rings. The van der Waals surface area contributed by atoms with E-state index in [0.29, 0.717) is 5.56 Å². The first-order valence-corrected chi connectivity index (χ1v) is 5.90. The molecule has 86 valence electrons. The second kappa shape index (κ2) is 5.01. The maximum Gasteiger partial charge on any atom is 0.336 e. The van der Waals surface area contributed by atoms with Gasteiger partial charge in [0.15, 0.2) is 0 Å². The van der Waals surface area contributed by atoms with Crippen LogP contribution in [0.1, 0.15) is 15.9 Å². The second-order valence-electron chi connectivity index (χ2n) is 3.59. The summed E-state index contributed by atoms with van der Waals surface area (Å²) in [5.74, 6) is -0.898. The molecular weight excluding hydrogens is 234 g/mol. The molecule has 0 saturated carbocycles. The van der Waals surface area contributed by atoms with Gasteiger partial charge in [-0.15, -0.1) is 0 Å². The Morgan fingerprint density at radius 3 is 2.59 bits per heavy atom. The molecule has 17 heavy (non-hydrogen) atoms. The number of hydrogen-bond acceptors (Lipinski definition) is 3. The van der Waals surface area contributed by atoms with Crippen molar-refractivity contribution in [2.24, 2.45) is 0 Å². The van der Waals surface area contributed by atoms with Gasteiger partial charge in [-0.25, -0.2) is 4.79 Å². The predicted molar refractivity (Wildman–Crippen MR) is 66.5 cm³/mol. The van der Waals surface area contributed by atoms with Crippen LogP contribution >= 0.6 is 11.8 Å². The molecule has 1 heterocycles. The molecule has 2 rings (SSSR count). The minimum absolute atomic E-state index is 0.340. The lowest BCUT2D eigenvalue weighted by Crippen LogP contribution is -1.99. The Balaban J connectivity index is 2.36. The highest BCUT2D eigenvalue weighted by atomic mass is 32.2. The molecule has 0 aliphatic heterocycles. The molecule has 0 aliphatic carbocycles. The summed E-state index contributed by atoms with van der Waals surface area (Å²) >= 11 is 1.43. The van der Waals surface area contributed by atoms with Crippen LogP contribution in [0.3, 0.4) is 0 Å². The number of rotatable bonds is 3. The second-order valence-corrected chi connectivity index (χ2v) is 4.71. The summed E-state index contributed by atoms with van der Waals surface area (Å²) in [5, 5.41) is 9.14. The zero-order valence-electron chi connectivity index (χ0n) is 9.25. The zero-order valence-corrected chi connectivity index (χ0v) is 10.1. The van der Waals surface area contributed by atoms with E-state index < -0.39 is 5.97 Å². The molecule has 1 N–H and O–H groups in total. The van der Waals surface area contributed by atoms with Gasteiger partial charge in [0.1, 0.15) is 0 Å². The number of nitrogens with zero attached hydrogens (tertiary/aromatic N) is 1. The van der Waals surface area contributed by atoms with Crippen molar-refractivity contribution in [1.29, 1.82) is 0 Å². The third-order valence-electron chi connectivity index (χ3n) is 2.24. The number of pyridine rings is 1. The molecule has 0 amide bonds. The Morgan fingerprint density at radius 2 is 1.94 bits per heavy atom. The van der Waals surface area contributed by atoms with Crippen LogP contribution in [0.15, 0.2) is 52.5 Å². The van der Waals surface area contributed by atoms with E-state index in [-0.39, 0.29) is 0 Å². The maximum absolute atomic E-state index is 11.1. The Kier molecular flexibility index (Phi) is 3.44. The lowest BCUT2D eigenvalue weighted by Gasteiger charge is -2.06. The normalized spacial score (nSPS) is 10.2. The van der Waals surface area contributed by atoms with Gasteiger partial charge in [0, 0.05) is 22.2 Å². The average molecular weight is 245 g/mol. The van der Waals surface area contributed by atoms with E-state index in [1.807, 2.05) is 31.2 Å². The van der Waals surface area contributed by atoms with Gasteiger partial charge >= 0.3 is 5.97 Å². The summed E-state index contributed by atoms with van der Waals surface area (Å²) in [6.07, 6.45) is 3.38. The van der Waals surface area contributed by atoms with Gasteiger partial charge in [-0.1, -0.05) is 23.4 Å². The fraction of sp³-hybridized carbons (Fsp3) is 0.0769. The van der Waals surface area contributed by atoms with Crippen LogP contribution < -0.4 is 0 Å². The van der Waals surface area contributed by atoms with E-state index >= 15 is 0 Å². The quantitative estimate of drug-likeness (QED) is 0.901. The summed E-state index contributed by atoms with van der Waals surface area (Å²) in [4.78, 5) is 16.8. The van der Waals surface area contributed by atoms with Crippen molar-refractivity contribution in [3.8, 4) is 0 Å². The molecule has 0 spiro atoms. The van der Waals surface area contributed by atoms with Crippen LogP contribution in [0.25, 0.3) is 0 Å². The minimum atomic E-state index is -0.898. The maximum atomic E-state index is 11.1. The smallest absolute Gasteiger partial charge is 0.336 e. The van der Waals surface area contributed by atoms with E-state index in [2.05, 4.69) is 4.98 Å². The summed E-state index contributed by atoms with van der Waals surface area (Å²) in [7, 11) is 0. The molecule has 1 aromatic carbocycles. The molecule has 0 unspecified atom stereocenters. The monoisotopic (exact) mass is 245 g/mol. The first-order chi connectivity index (χ1) is 8.16. The molecule has 1 aromatic heterocycles. The number of carboxylic acids is 1. The van der Waals surface area contributed by atoms with Crippen LogP contribution in [0.5, 0.6) is 0 Å². The molecule has 3 nitrogen and oxygen atoms in total. The summed E-state index contributed by atoms with van der Waals surface area (Å²) in [6, 6.07) is 9.15. The lowest BCUT2D eigenvalue weighted by molar-refractivity contribution is 0.0693. The summed E-state index contributed by atoms with van der Waals surface area (Å²) in [6.45, 7) is 1.88. The van der Waals surface area contributed by atoms with Gasteiger partial charge in [-0.2, -0.15) is 0 Å². The fourth-order valence-electron chi connectivity index (χ4n) is 1.43. The first kappa shape index (κ1) is 11.7. The molecule has 2 aromatic rings. The van der Waals surface area contributed by atoms with Gasteiger partial charge in [-0.05, 0) is 31.2 Å². The van der Waals surface area contributed by atoms with Crippen LogP contribution in [0.2, 0.25) is 0 Å². The topological polar surface area (TPSA) is 50.2 Å². The number of aryl methyl sites for hydroxylation is 1. The molecule has 0 bridgehead atoms. The molecule has 0 radical (unpaired) electrons.